The summed E-state index contributed by atoms with van der Waals surface area (Å²) in [5.74, 6) is -0.200. The van der Waals surface area contributed by atoms with Gasteiger partial charge in [-0.1, -0.05) is 0 Å². The maximum atomic E-state index is 12.1. The second-order valence-electron chi connectivity index (χ2n) is 4.51. The Bertz CT molecular complexity index is 749. The molecule has 1 aromatic carbocycles. The van der Waals surface area contributed by atoms with E-state index in [2.05, 4.69) is 20.4 Å². The zero-order valence-electron chi connectivity index (χ0n) is 11.4. The molecular formula is C15H13N5O. The van der Waals surface area contributed by atoms with Gasteiger partial charge in [0.2, 0.25) is 0 Å². The third-order valence-electron chi connectivity index (χ3n) is 3.02. The molecular weight excluding hydrogens is 266 g/mol. The Kier molecular flexibility index (Phi) is 3.42. The van der Waals surface area contributed by atoms with Crippen molar-refractivity contribution < 1.29 is 4.79 Å². The highest BCUT2D eigenvalue weighted by Crippen LogP contribution is 2.12. The summed E-state index contributed by atoms with van der Waals surface area (Å²) in [4.78, 5) is 19.8. The van der Waals surface area contributed by atoms with E-state index in [9.17, 15) is 4.79 Å². The highest BCUT2D eigenvalue weighted by Gasteiger charge is 2.07. The van der Waals surface area contributed by atoms with Crippen LogP contribution in [0.3, 0.4) is 0 Å². The van der Waals surface area contributed by atoms with E-state index in [1.54, 1.807) is 30.7 Å². The fraction of sp³-hybridized carbons (Fsp3) is 0.0667. The van der Waals surface area contributed by atoms with E-state index in [0.29, 0.717) is 11.3 Å². The van der Waals surface area contributed by atoms with Crippen LogP contribution >= 0.6 is 0 Å². The number of carbonyl (C=O) groups excluding carboxylic acids is 1. The van der Waals surface area contributed by atoms with Gasteiger partial charge in [-0.25, -0.2) is 14.6 Å². The molecule has 0 aliphatic heterocycles. The van der Waals surface area contributed by atoms with Gasteiger partial charge in [0.15, 0.2) is 0 Å². The lowest BCUT2D eigenvalue weighted by Gasteiger charge is -2.07. The minimum absolute atomic E-state index is 0.200. The first kappa shape index (κ1) is 13.0. The zero-order valence-corrected chi connectivity index (χ0v) is 11.4. The van der Waals surface area contributed by atoms with Gasteiger partial charge in [-0.15, -0.1) is 0 Å². The van der Waals surface area contributed by atoms with Crippen molar-refractivity contribution in [2.75, 3.05) is 5.32 Å². The second kappa shape index (κ2) is 5.54. The SMILES string of the molecule is Cc1ccnn1-c1ccc(C(=O)Nc2cncnc2)cc1. The summed E-state index contributed by atoms with van der Waals surface area (Å²) < 4.78 is 1.81. The van der Waals surface area contributed by atoms with Crippen LogP contribution in [0.5, 0.6) is 0 Å². The number of amides is 1. The molecule has 0 fully saturated rings. The first-order valence-electron chi connectivity index (χ1n) is 6.41. The van der Waals surface area contributed by atoms with Crippen LogP contribution in [0.1, 0.15) is 16.1 Å². The predicted molar refractivity (Wildman–Crippen MR) is 78.3 cm³/mol. The highest BCUT2D eigenvalue weighted by molar-refractivity contribution is 6.04. The van der Waals surface area contributed by atoms with Gasteiger partial charge in [0, 0.05) is 17.5 Å². The monoisotopic (exact) mass is 279 g/mol. The number of anilines is 1. The Morgan fingerprint density at radius 1 is 1.10 bits per heavy atom. The molecule has 0 saturated heterocycles. The molecule has 0 aliphatic carbocycles. The van der Waals surface area contributed by atoms with Gasteiger partial charge >= 0.3 is 0 Å². The number of aryl methyl sites for hydroxylation is 1. The van der Waals surface area contributed by atoms with E-state index in [-0.39, 0.29) is 5.91 Å². The lowest BCUT2D eigenvalue weighted by atomic mass is 10.2. The first-order valence-corrected chi connectivity index (χ1v) is 6.41. The summed E-state index contributed by atoms with van der Waals surface area (Å²) in [6.45, 7) is 1.98. The first-order chi connectivity index (χ1) is 10.2. The summed E-state index contributed by atoms with van der Waals surface area (Å²) in [6.07, 6.45) is 6.25. The molecule has 0 unspecified atom stereocenters. The summed E-state index contributed by atoms with van der Waals surface area (Å²) in [6, 6.07) is 9.16. The van der Waals surface area contributed by atoms with Crippen molar-refractivity contribution in [1.82, 2.24) is 19.7 Å². The fourth-order valence-electron chi connectivity index (χ4n) is 1.96. The Labute approximate surface area is 121 Å². The van der Waals surface area contributed by atoms with Crippen LogP contribution in [0.4, 0.5) is 5.69 Å². The Morgan fingerprint density at radius 2 is 1.81 bits per heavy atom. The van der Waals surface area contributed by atoms with Crippen molar-refractivity contribution in [3.8, 4) is 5.69 Å². The van der Waals surface area contributed by atoms with Crippen molar-refractivity contribution in [2.45, 2.75) is 6.92 Å². The molecule has 2 aromatic heterocycles. The molecule has 6 heteroatoms. The summed E-state index contributed by atoms with van der Waals surface area (Å²) in [5.41, 5.74) is 3.08. The van der Waals surface area contributed by atoms with Crippen LogP contribution < -0.4 is 5.32 Å². The van der Waals surface area contributed by atoms with E-state index in [4.69, 9.17) is 0 Å². The Hall–Kier alpha value is -3.02. The van der Waals surface area contributed by atoms with Gasteiger partial charge in [0.1, 0.15) is 6.33 Å². The van der Waals surface area contributed by atoms with Crippen LogP contribution in [0.25, 0.3) is 5.69 Å². The molecule has 0 atom stereocenters. The average Bonchev–Trinajstić information content (AvgIpc) is 2.94. The minimum atomic E-state index is -0.200. The minimum Gasteiger partial charge on any atom is -0.319 e. The molecule has 2 heterocycles. The molecule has 0 saturated carbocycles. The molecule has 0 bridgehead atoms. The van der Waals surface area contributed by atoms with E-state index in [1.807, 2.05) is 29.8 Å². The van der Waals surface area contributed by atoms with Crippen LogP contribution in [0.2, 0.25) is 0 Å². The number of nitrogens with one attached hydrogen (secondary N) is 1. The smallest absolute Gasteiger partial charge is 0.255 e. The molecule has 1 amide bonds. The van der Waals surface area contributed by atoms with Crippen LogP contribution in [0.15, 0.2) is 55.2 Å². The third kappa shape index (κ3) is 2.79. The summed E-state index contributed by atoms with van der Waals surface area (Å²) >= 11 is 0. The molecule has 0 aliphatic rings. The van der Waals surface area contributed by atoms with E-state index < -0.39 is 0 Å². The largest absolute Gasteiger partial charge is 0.319 e. The van der Waals surface area contributed by atoms with Gasteiger partial charge in [-0.3, -0.25) is 4.79 Å². The van der Waals surface area contributed by atoms with Crippen molar-refractivity contribution in [2.24, 2.45) is 0 Å². The van der Waals surface area contributed by atoms with Gasteiger partial charge in [0.05, 0.1) is 23.8 Å². The predicted octanol–water partition coefficient (Wildman–Crippen LogP) is 2.22. The molecule has 0 radical (unpaired) electrons. The number of carbonyl (C=O) groups is 1. The number of rotatable bonds is 3. The Balaban J connectivity index is 1.78. The maximum absolute atomic E-state index is 12.1. The normalized spacial score (nSPS) is 10.3. The molecule has 1 N–H and O–H groups in total. The number of nitrogens with zero attached hydrogens (tertiary/aromatic N) is 4. The third-order valence-corrected chi connectivity index (χ3v) is 3.02. The standard InChI is InChI=1S/C15H13N5O/c1-11-6-7-18-20(11)14-4-2-12(3-5-14)15(21)19-13-8-16-10-17-9-13/h2-10H,1H3,(H,19,21). The molecule has 0 spiro atoms. The van der Waals surface area contributed by atoms with Crippen molar-refractivity contribution in [3.63, 3.8) is 0 Å². The quantitative estimate of drug-likeness (QED) is 0.798. The van der Waals surface area contributed by atoms with Crippen LogP contribution in [-0.2, 0) is 0 Å². The van der Waals surface area contributed by atoms with E-state index in [1.165, 1.54) is 6.33 Å². The fourth-order valence-corrected chi connectivity index (χ4v) is 1.96. The zero-order chi connectivity index (χ0) is 14.7. The van der Waals surface area contributed by atoms with Gasteiger partial charge in [0.25, 0.3) is 5.91 Å². The van der Waals surface area contributed by atoms with Gasteiger partial charge < -0.3 is 5.32 Å². The average molecular weight is 279 g/mol. The van der Waals surface area contributed by atoms with E-state index >= 15 is 0 Å². The topological polar surface area (TPSA) is 72.7 Å². The molecule has 3 rings (SSSR count). The van der Waals surface area contributed by atoms with E-state index in [0.717, 1.165) is 11.4 Å². The van der Waals surface area contributed by atoms with Crippen molar-refractivity contribution in [1.29, 1.82) is 0 Å². The number of hydrogen-bond donors (Lipinski definition) is 1. The summed E-state index contributed by atoms with van der Waals surface area (Å²) in [7, 11) is 0. The number of hydrogen-bond acceptors (Lipinski definition) is 4. The molecule has 6 nitrogen and oxygen atoms in total. The van der Waals surface area contributed by atoms with Crippen LogP contribution in [0, 0.1) is 6.92 Å². The highest BCUT2D eigenvalue weighted by atomic mass is 16.1. The molecule has 104 valence electrons. The molecule has 21 heavy (non-hydrogen) atoms. The van der Waals surface area contributed by atoms with Crippen LogP contribution in [-0.4, -0.2) is 25.7 Å². The number of aromatic nitrogens is 4. The molecule has 3 aromatic rings. The lowest BCUT2D eigenvalue weighted by molar-refractivity contribution is 0.102. The second-order valence-corrected chi connectivity index (χ2v) is 4.51. The maximum Gasteiger partial charge on any atom is 0.255 e. The van der Waals surface area contributed by atoms with Crippen molar-refractivity contribution in [3.05, 3.63) is 66.5 Å². The Morgan fingerprint density at radius 3 is 2.43 bits per heavy atom. The number of benzene rings is 1. The summed E-state index contributed by atoms with van der Waals surface area (Å²) in [5, 5.41) is 6.97. The van der Waals surface area contributed by atoms with Gasteiger partial charge in [-0.05, 0) is 37.3 Å². The van der Waals surface area contributed by atoms with Crippen molar-refractivity contribution >= 4 is 11.6 Å². The lowest BCUT2D eigenvalue weighted by Crippen LogP contribution is -2.12. The van der Waals surface area contributed by atoms with Gasteiger partial charge in [-0.2, -0.15) is 5.10 Å².